The second-order valence-electron chi connectivity index (χ2n) is 5.96. The Morgan fingerprint density at radius 1 is 1.29 bits per heavy atom. The minimum Gasteiger partial charge on any atom is -0.384 e. The molecule has 1 aliphatic heterocycles. The second kappa shape index (κ2) is 6.73. The molecule has 0 unspecified atom stereocenters. The Morgan fingerprint density at radius 3 is 2.38 bits per heavy atom. The highest BCUT2D eigenvalue weighted by atomic mass is 32.2. The van der Waals surface area contributed by atoms with Gasteiger partial charge in [0.25, 0.3) is 0 Å². The van der Waals surface area contributed by atoms with Gasteiger partial charge in [-0.3, -0.25) is 5.41 Å². The van der Waals surface area contributed by atoms with Crippen LogP contribution in [0.2, 0.25) is 0 Å². The zero-order valence-corrected chi connectivity index (χ0v) is 14.2. The van der Waals surface area contributed by atoms with Gasteiger partial charge in [0.15, 0.2) is 0 Å². The lowest BCUT2D eigenvalue weighted by Gasteiger charge is -2.42. The first-order chi connectivity index (χ1) is 10.1. The van der Waals surface area contributed by atoms with Gasteiger partial charge in [-0.15, -0.1) is 11.8 Å². The summed E-state index contributed by atoms with van der Waals surface area (Å²) in [6.45, 7) is 6.77. The monoisotopic (exact) mass is 305 g/mol. The number of nitrogens with one attached hydrogen (secondary N) is 1. The third-order valence-electron chi connectivity index (χ3n) is 5.16. The van der Waals surface area contributed by atoms with E-state index < -0.39 is 0 Å². The summed E-state index contributed by atoms with van der Waals surface area (Å²) in [5.41, 5.74) is 8.41. The van der Waals surface area contributed by atoms with Crippen LogP contribution in [0.5, 0.6) is 0 Å². The van der Waals surface area contributed by atoms with Gasteiger partial charge in [0.1, 0.15) is 5.84 Å². The summed E-state index contributed by atoms with van der Waals surface area (Å²) in [5, 5.41) is 7.93. The summed E-state index contributed by atoms with van der Waals surface area (Å²) < 4.78 is 0. The van der Waals surface area contributed by atoms with Crippen LogP contribution in [-0.4, -0.2) is 25.2 Å². The van der Waals surface area contributed by atoms with E-state index in [1.165, 1.54) is 25.7 Å². The van der Waals surface area contributed by atoms with Crippen molar-refractivity contribution in [3.8, 4) is 0 Å². The van der Waals surface area contributed by atoms with Crippen molar-refractivity contribution in [2.24, 2.45) is 11.1 Å². The van der Waals surface area contributed by atoms with Crippen molar-refractivity contribution in [3.63, 3.8) is 0 Å². The standard InChI is InChI=1S/C17H27N3S/c1-4-17(5-2)9-11-20(12-10-17)13-7-6-8-14(21-3)15(13)16(18)19/h6-8H,4-5,9-12H2,1-3H3,(H3,18,19). The van der Waals surface area contributed by atoms with Crippen molar-refractivity contribution in [1.29, 1.82) is 5.41 Å². The minimum atomic E-state index is 0.178. The normalized spacial score (nSPS) is 17.8. The van der Waals surface area contributed by atoms with E-state index >= 15 is 0 Å². The van der Waals surface area contributed by atoms with Crippen LogP contribution in [0.4, 0.5) is 5.69 Å². The highest BCUT2D eigenvalue weighted by Gasteiger charge is 2.32. The Bertz CT molecular complexity index is 499. The van der Waals surface area contributed by atoms with Crippen LogP contribution in [0.25, 0.3) is 0 Å². The molecule has 4 heteroatoms. The van der Waals surface area contributed by atoms with Gasteiger partial charge < -0.3 is 10.6 Å². The molecule has 1 fully saturated rings. The predicted octanol–water partition coefficient (Wildman–Crippen LogP) is 4.10. The van der Waals surface area contributed by atoms with Gasteiger partial charge in [0.05, 0.1) is 5.56 Å². The van der Waals surface area contributed by atoms with Crippen molar-refractivity contribution in [3.05, 3.63) is 23.8 Å². The summed E-state index contributed by atoms with van der Waals surface area (Å²) in [6.07, 6.45) is 7.05. The van der Waals surface area contributed by atoms with Crippen LogP contribution in [0.15, 0.2) is 23.1 Å². The van der Waals surface area contributed by atoms with Gasteiger partial charge in [-0.05, 0) is 36.6 Å². The average molecular weight is 305 g/mol. The Balaban J connectivity index is 2.26. The number of nitrogens with zero attached hydrogens (tertiary/aromatic N) is 1. The summed E-state index contributed by atoms with van der Waals surface area (Å²) >= 11 is 1.66. The molecule has 1 aromatic rings. The Hall–Kier alpha value is -1.16. The van der Waals surface area contributed by atoms with E-state index in [0.29, 0.717) is 5.41 Å². The van der Waals surface area contributed by atoms with Crippen LogP contribution in [0.1, 0.15) is 45.1 Å². The Labute approximate surface area is 132 Å². The molecule has 116 valence electrons. The van der Waals surface area contributed by atoms with E-state index in [2.05, 4.69) is 36.9 Å². The van der Waals surface area contributed by atoms with Gasteiger partial charge in [-0.2, -0.15) is 0 Å². The van der Waals surface area contributed by atoms with Crippen LogP contribution in [-0.2, 0) is 0 Å². The second-order valence-corrected chi connectivity index (χ2v) is 6.81. The summed E-state index contributed by atoms with van der Waals surface area (Å²) in [6, 6.07) is 6.24. The Kier molecular flexibility index (Phi) is 5.20. The molecular formula is C17H27N3S. The van der Waals surface area contributed by atoms with Crippen molar-refractivity contribution in [2.75, 3.05) is 24.2 Å². The fourth-order valence-corrected chi connectivity index (χ4v) is 4.04. The molecule has 1 aliphatic rings. The molecule has 0 saturated carbocycles. The lowest BCUT2D eigenvalue weighted by Crippen LogP contribution is -2.40. The van der Waals surface area contributed by atoms with Crippen LogP contribution >= 0.6 is 11.8 Å². The number of thioether (sulfide) groups is 1. The van der Waals surface area contributed by atoms with E-state index in [-0.39, 0.29) is 5.84 Å². The zero-order chi connectivity index (χ0) is 15.5. The molecule has 21 heavy (non-hydrogen) atoms. The fourth-order valence-electron chi connectivity index (χ4n) is 3.40. The maximum absolute atomic E-state index is 7.93. The molecule has 1 saturated heterocycles. The molecule has 3 nitrogen and oxygen atoms in total. The number of nitrogen functional groups attached to an aromatic ring is 1. The number of hydrogen-bond donors (Lipinski definition) is 2. The predicted molar refractivity (Wildman–Crippen MR) is 93.7 cm³/mol. The van der Waals surface area contributed by atoms with Crippen molar-refractivity contribution < 1.29 is 0 Å². The molecule has 0 bridgehead atoms. The number of amidine groups is 1. The Morgan fingerprint density at radius 2 is 1.90 bits per heavy atom. The van der Waals surface area contributed by atoms with E-state index in [1.807, 2.05) is 6.26 Å². The maximum Gasteiger partial charge on any atom is 0.126 e. The van der Waals surface area contributed by atoms with E-state index in [1.54, 1.807) is 11.8 Å². The van der Waals surface area contributed by atoms with Crippen molar-refractivity contribution in [1.82, 2.24) is 0 Å². The summed E-state index contributed by atoms with van der Waals surface area (Å²) in [7, 11) is 0. The first kappa shape index (κ1) is 16.2. The summed E-state index contributed by atoms with van der Waals surface area (Å²) in [4.78, 5) is 3.52. The largest absolute Gasteiger partial charge is 0.384 e. The van der Waals surface area contributed by atoms with Crippen LogP contribution in [0, 0.1) is 10.8 Å². The molecule has 0 amide bonds. The number of nitrogens with two attached hydrogens (primary N) is 1. The number of anilines is 1. The van der Waals surface area contributed by atoms with Gasteiger partial charge in [0, 0.05) is 23.7 Å². The highest BCUT2D eigenvalue weighted by Crippen LogP contribution is 2.40. The zero-order valence-electron chi connectivity index (χ0n) is 13.4. The molecule has 2 rings (SSSR count). The quantitative estimate of drug-likeness (QED) is 0.489. The smallest absolute Gasteiger partial charge is 0.126 e. The molecule has 1 heterocycles. The summed E-state index contributed by atoms with van der Waals surface area (Å²) in [5.74, 6) is 0.178. The first-order valence-electron chi connectivity index (χ1n) is 7.83. The average Bonchev–Trinajstić information content (AvgIpc) is 2.54. The van der Waals surface area contributed by atoms with E-state index in [4.69, 9.17) is 11.1 Å². The molecule has 0 spiro atoms. The number of benzene rings is 1. The third-order valence-corrected chi connectivity index (χ3v) is 5.94. The van der Waals surface area contributed by atoms with Gasteiger partial charge in [-0.1, -0.05) is 32.8 Å². The number of rotatable bonds is 5. The van der Waals surface area contributed by atoms with Gasteiger partial charge >= 0.3 is 0 Å². The van der Waals surface area contributed by atoms with Crippen LogP contribution in [0.3, 0.4) is 0 Å². The van der Waals surface area contributed by atoms with Gasteiger partial charge in [-0.25, -0.2) is 0 Å². The molecule has 0 atom stereocenters. The van der Waals surface area contributed by atoms with Crippen LogP contribution < -0.4 is 10.6 Å². The lowest BCUT2D eigenvalue weighted by atomic mass is 9.74. The molecule has 0 aromatic heterocycles. The van der Waals surface area contributed by atoms with E-state index in [9.17, 15) is 0 Å². The first-order valence-corrected chi connectivity index (χ1v) is 9.05. The molecular weight excluding hydrogens is 278 g/mol. The third kappa shape index (κ3) is 3.20. The van der Waals surface area contributed by atoms with Gasteiger partial charge in [0.2, 0.25) is 0 Å². The SMILES string of the molecule is CCC1(CC)CCN(c2cccc(SC)c2C(=N)N)CC1. The molecule has 1 aromatic carbocycles. The lowest BCUT2D eigenvalue weighted by molar-refractivity contribution is 0.199. The highest BCUT2D eigenvalue weighted by molar-refractivity contribution is 7.98. The fraction of sp³-hybridized carbons (Fsp3) is 0.588. The molecule has 3 N–H and O–H groups in total. The number of hydrogen-bond acceptors (Lipinski definition) is 3. The topological polar surface area (TPSA) is 53.1 Å². The van der Waals surface area contributed by atoms with Crippen molar-refractivity contribution >= 4 is 23.3 Å². The van der Waals surface area contributed by atoms with E-state index in [0.717, 1.165) is 29.2 Å². The number of piperidine rings is 1. The van der Waals surface area contributed by atoms with Crippen molar-refractivity contribution in [2.45, 2.75) is 44.4 Å². The maximum atomic E-state index is 7.93. The molecule has 0 radical (unpaired) electrons. The molecule has 0 aliphatic carbocycles. The minimum absolute atomic E-state index is 0.178.